The van der Waals surface area contributed by atoms with Crippen LogP contribution < -0.4 is 5.32 Å². The zero-order chi connectivity index (χ0) is 13.1. The Hall–Kier alpha value is -0.450. The van der Waals surface area contributed by atoms with Crippen molar-refractivity contribution in [2.24, 2.45) is 11.8 Å². The highest BCUT2D eigenvalue weighted by molar-refractivity contribution is 7.09. The first-order valence-electron chi connectivity index (χ1n) is 6.92. The molecular weight excluding hydrogens is 242 g/mol. The summed E-state index contributed by atoms with van der Waals surface area (Å²) in [5, 5.41) is 6.56. The lowest BCUT2D eigenvalue weighted by molar-refractivity contribution is 0.0720. The second-order valence-corrected chi connectivity index (χ2v) is 6.69. The fourth-order valence-electron chi connectivity index (χ4n) is 2.90. The van der Waals surface area contributed by atoms with Crippen LogP contribution in [0, 0.1) is 11.8 Å². The Bertz CT molecular complexity index is 377. The number of likely N-dealkylation sites (tertiary alicyclic amines) is 1. The topological polar surface area (TPSA) is 28.2 Å². The number of nitrogens with one attached hydrogen (secondary N) is 1. The van der Waals surface area contributed by atoms with Crippen LogP contribution in [0.4, 0.5) is 0 Å². The fraction of sp³-hybridized carbons (Fsp3) is 0.786. The van der Waals surface area contributed by atoms with Crippen molar-refractivity contribution < 1.29 is 0 Å². The Morgan fingerprint density at radius 3 is 2.94 bits per heavy atom. The smallest absolute Gasteiger partial charge is 0.107 e. The van der Waals surface area contributed by atoms with E-state index in [2.05, 4.69) is 36.4 Å². The molecule has 4 heteroatoms. The molecule has 0 saturated carbocycles. The lowest BCUT2D eigenvalue weighted by Crippen LogP contribution is -2.45. The minimum absolute atomic E-state index is 0.677. The van der Waals surface area contributed by atoms with Crippen LogP contribution in [0.15, 0.2) is 5.38 Å². The van der Waals surface area contributed by atoms with Gasteiger partial charge in [-0.25, -0.2) is 4.98 Å². The molecule has 2 rings (SSSR count). The molecule has 0 aliphatic carbocycles. The second kappa shape index (κ2) is 6.13. The first-order chi connectivity index (χ1) is 8.60. The van der Waals surface area contributed by atoms with Crippen LogP contribution in [0.1, 0.15) is 37.9 Å². The summed E-state index contributed by atoms with van der Waals surface area (Å²) in [6.07, 6.45) is 1.36. The molecule has 3 atom stereocenters. The maximum atomic E-state index is 4.69. The standard InChI is InChI=1S/C14H25N3S/c1-10-5-11(2)12(3)17(7-10)8-13-9-18-14(16-13)6-15-4/h9-12,15H,5-8H2,1-4H3. The van der Waals surface area contributed by atoms with E-state index in [0.29, 0.717) is 6.04 Å². The molecule has 0 radical (unpaired) electrons. The van der Waals surface area contributed by atoms with Gasteiger partial charge in [-0.3, -0.25) is 4.90 Å². The van der Waals surface area contributed by atoms with Gasteiger partial charge in [-0.05, 0) is 32.2 Å². The van der Waals surface area contributed by atoms with Crippen molar-refractivity contribution in [1.82, 2.24) is 15.2 Å². The van der Waals surface area contributed by atoms with Crippen LogP contribution in [-0.4, -0.2) is 29.5 Å². The van der Waals surface area contributed by atoms with Gasteiger partial charge < -0.3 is 5.32 Å². The van der Waals surface area contributed by atoms with Gasteiger partial charge in [0, 0.05) is 31.1 Å². The Morgan fingerprint density at radius 1 is 1.44 bits per heavy atom. The quantitative estimate of drug-likeness (QED) is 0.909. The van der Waals surface area contributed by atoms with Crippen molar-refractivity contribution in [2.45, 2.75) is 46.3 Å². The van der Waals surface area contributed by atoms with Crippen LogP contribution in [0.3, 0.4) is 0 Å². The molecule has 1 aromatic rings. The Kier molecular flexibility index (Phi) is 4.76. The van der Waals surface area contributed by atoms with E-state index in [1.165, 1.54) is 23.7 Å². The molecular formula is C14H25N3S. The average Bonchev–Trinajstić information content (AvgIpc) is 2.73. The molecule has 18 heavy (non-hydrogen) atoms. The van der Waals surface area contributed by atoms with Crippen LogP contribution in [0.25, 0.3) is 0 Å². The fourth-order valence-corrected chi connectivity index (χ4v) is 3.70. The average molecular weight is 267 g/mol. The SMILES string of the molecule is CNCc1nc(CN2CC(C)CC(C)C2C)cs1. The molecule has 0 spiro atoms. The van der Waals surface area contributed by atoms with Gasteiger partial charge in [-0.1, -0.05) is 13.8 Å². The van der Waals surface area contributed by atoms with Gasteiger partial charge in [0.05, 0.1) is 5.69 Å². The number of rotatable bonds is 4. The third-order valence-corrected chi connectivity index (χ3v) is 4.91. The van der Waals surface area contributed by atoms with Crippen molar-refractivity contribution in [2.75, 3.05) is 13.6 Å². The zero-order valence-electron chi connectivity index (χ0n) is 11.9. The molecule has 102 valence electrons. The molecule has 1 aliphatic rings. The summed E-state index contributed by atoms with van der Waals surface area (Å²) in [4.78, 5) is 7.29. The highest BCUT2D eigenvalue weighted by Crippen LogP contribution is 2.28. The summed E-state index contributed by atoms with van der Waals surface area (Å²) in [6.45, 7) is 10.2. The van der Waals surface area contributed by atoms with Gasteiger partial charge >= 0.3 is 0 Å². The first kappa shape index (κ1) is 14.0. The zero-order valence-corrected chi connectivity index (χ0v) is 12.8. The largest absolute Gasteiger partial charge is 0.314 e. The molecule has 1 aliphatic heterocycles. The van der Waals surface area contributed by atoms with E-state index in [9.17, 15) is 0 Å². The van der Waals surface area contributed by atoms with Gasteiger partial charge in [0.25, 0.3) is 0 Å². The first-order valence-corrected chi connectivity index (χ1v) is 7.80. The van der Waals surface area contributed by atoms with E-state index >= 15 is 0 Å². The lowest BCUT2D eigenvalue weighted by atomic mass is 9.86. The van der Waals surface area contributed by atoms with Gasteiger partial charge in [0.15, 0.2) is 0 Å². The summed E-state index contributed by atoms with van der Waals surface area (Å²) in [5.74, 6) is 1.61. The van der Waals surface area contributed by atoms with E-state index in [0.717, 1.165) is 24.9 Å². The molecule has 1 N–H and O–H groups in total. The number of hydrogen-bond donors (Lipinski definition) is 1. The Balaban J connectivity index is 1.98. The predicted octanol–water partition coefficient (Wildman–Crippen LogP) is 2.73. The molecule has 1 aromatic heterocycles. The van der Waals surface area contributed by atoms with Crippen molar-refractivity contribution in [3.8, 4) is 0 Å². The van der Waals surface area contributed by atoms with E-state index in [1.807, 2.05) is 7.05 Å². The molecule has 1 fully saturated rings. The molecule has 2 heterocycles. The van der Waals surface area contributed by atoms with Crippen LogP contribution in [0.5, 0.6) is 0 Å². The van der Waals surface area contributed by atoms with Crippen molar-refractivity contribution in [3.05, 3.63) is 16.1 Å². The monoisotopic (exact) mass is 267 g/mol. The normalized spacial score (nSPS) is 29.7. The Morgan fingerprint density at radius 2 is 2.22 bits per heavy atom. The number of piperidine rings is 1. The van der Waals surface area contributed by atoms with E-state index in [4.69, 9.17) is 4.98 Å². The summed E-state index contributed by atoms with van der Waals surface area (Å²) >= 11 is 1.77. The number of thiazole rings is 1. The van der Waals surface area contributed by atoms with E-state index < -0.39 is 0 Å². The molecule has 0 amide bonds. The summed E-state index contributed by atoms with van der Waals surface area (Å²) in [6, 6.07) is 0.677. The molecule has 3 unspecified atom stereocenters. The summed E-state index contributed by atoms with van der Waals surface area (Å²) in [5.41, 5.74) is 1.23. The van der Waals surface area contributed by atoms with E-state index in [-0.39, 0.29) is 0 Å². The van der Waals surface area contributed by atoms with Crippen molar-refractivity contribution in [3.63, 3.8) is 0 Å². The van der Waals surface area contributed by atoms with Crippen LogP contribution in [-0.2, 0) is 13.1 Å². The van der Waals surface area contributed by atoms with E-state index in [1.54, 1.807) is 11.3 Å². The van der Waals surface area contributed by atoms with Gasteiger partial charge in [0.2, 0.25) is 0 Å². The number of nitrogens with zero attached hydrogens (tertiary/aromatic N) is 2. The number of aromatic nitrogens is 1. The third kappa shape index (κ3) is 3.31. The summed E-state index contributed by atoms with van der Waals surface area (Å²) in [7, 11) is 1.97. The minimum Gasteiger partial charge on any atom is -0.314 e. The maximum absolute atomic E-state index is 4.69. The summed E-state index contributed by atoms with van der Waals surface area (Å²) < 4.78 is 0. The minimum atomic E-state index is 0.677. The van der Waals surface area contributed by atoms with Crippen LogP contribution >= 0.6 is 11.3 Å². The highest BCUT2D eigenvalue weighted by Gasteiger charge is 2.28. The second-order valence-electron chi connectivity index (χ2n) is 5.75. The van der Waals surface area contributed by atoms with Crippen molar-refractivity contribution in [1.29, 1.82) is 0 Å². The van der Waals surface area contributed by atoms with Crippen LogP contribution in [0.2, 0.25) is 0 Å². The molecule has 3 nitrogen and oxygen atoms in total. The predicted molar refractivity (Wildman–Crippen MR) is 77.7 cm³/mol. The number of hydrogen-bond acceptors (Lipinski definition) is 4. The van der Waals surface area contributed by atoms with Gasteiger partial charge in [-0.2, -0.15) is 0 Å². The highest BCUT2D eigenvalue weighted by atomic mass is 32.1. The van der Waals surface area contributed by atoms with Gasteiger partial charge in [0.1, 0.15) is 5.01 Å². The van der Waals surface area contributed by atoms with Crippen molar-refractivity contribution >= 4 is 11.3 Å². The maximum Gasteiger partial charge on any atom is 0.107 e. The van der Waals surface area contributed by atoms with Gasteiger partial charge in [-0.15, -0.1) is 11.3 Å². The Labute approximate surface area is 115 Å². The molecule has 1 saturated heterocycles. The lowest BCUT2D eigenvalue weighted by Gasteiger charge is -2.40. The molecule has 0 bridgehead atoms. The molecule has 0 aromatic carbocycles. The third-order valence-electron chi connectivity index (χ3n) is 4.01.